The molecule has 0 aromatic carbocycles. The van der Waals surface area contributed by atoms with Crippen molar-refractivity contribution in [2.75, 3.05) is 0 Å². The molecule has 0 atom stereocenters. The van der Waals surface area contributed by atoms with Crippen LogP contribution in [0.1, 0.15) is 46.7 Å². The summed E-state index contributed by atoms with van der Waals surface area (Å²) >= 11 is 1.45. The Morgan fingerprint density at radius 1 is 1.33 bits per heavy atom. The predicted octanol–water partition coefficient (Wildman–Crippen LogP) is 3.24. The molecule has 18 heavy (non-hydrogen) atoms. The molecule has 0 fully saturated rings. The molecule has 0 amide bonds. The molecule has 5 nitrogen and oxygen atoms in total. The number of carboxylic acid groups (broad SMARTS) is 1. The number of aromatic nitrogens is 2. The molecule has 6 heteroatoms. The highest BCUT2D eigenvalue weighted by Gasteiger charge is 2.24. The second-order valence-corrected chi connectivity index (χ2v) is 5.54. The third-order valence-corrected chi connectivity index (χ3v) is 3.55. The first-order valence-corrected chi connectivity index (χ1v) is 6.40. The zero-order chi connectivity index (χ0) is 13.4. The first-order chi connectivity index (χ1) is 8.40. The Labute approximate surface area is 109 Å². The molecule has 0 saturated carbocycles. The van der Waals surface area contributed by atoms with Gasteiger partial charge in [-0.05, 0) is 19.8 Å². The molecule has 0 bridgehead atoms. The summed E-state index contributed by atoms with van der Waals surface area (Å²) in [6.07, 6.45) is 0. The maximum absolute atomic E-state index is 11.1. The van der Waals surface area contributed by atoms with Gasteiger partial charge in [0.2, 0.25) is 11.7 Å². The van der Waals surface area contributed by atoms with E-state index < -0.39 is 5.97 Å². The standard InChI is InChI=1S/C12H14N2O3S/c1-5(2)8-9(12(15)16)17-11(14-8)10-6(3)13-7(4)18-10/h5H,1-4H3,(H,15,16). The number of hydrogen-bond acceptors (Lipinski definition) is 5. The van der Waals surface area contributed by atoms with Crippen LogP contribution in [0.5, 0.6) is 0 Å². The van der Waals surface area contributed by atoms with E-state index in [4.69, 9.17) is 9.52 Å². The lowest BCUT2D eigenvalue weighted by molar-refractivity contribution is 0.0661. The van der Waals surface area contributed by atoms with E-state index in [1.165, 1.54) is 11.3 Å². The minimum Gasteiger partial charge on any atom is -0.475 e. The van der Waals surface area contributed by atoms with E-state index in [0.717, 1.165) is 15.6 Å². The monoisotopic (exact) mass is 266 g/mol. The minimum atomic E-state index is -1.09. The highest BCUT2D eigenvalue weighted by atomic mass is 32.1. The van der Waals surface area contributed by atoms with Gasteiger partial charge in [-0.2, -0.15) is 0 Å². The van der Waals surface area contributed by atoms with Crippen LogP contribution in [0.3, 0.4) is 0 Å². The average Bonchev–Trinajstić information content (AvgIpc) is 2.81. The van der Waals surface area contributed by atoms with Gasteiger partial charge in [-0.1, -0.05) is 13.8 Å². The van der Waals surface area contributed by atoms with Crippen molar-refractivity contribution in [1.29, 1.82) is 0 Å². The second kappa shape index (κ2) is 4.53. The fraction of sp³-hybridized carbons (Fsp3) is 0.417. The zero-order valence-corrected chi connectivity index (χ0v) is 11.5. The minimum absolute atomic E-state index is 0.00271. The van der Waals surface area contributed by atoms with E-state index in [1.807, 2.05) is 27.7 Å². The van der Waals surface area contributed by atoms with Crippen molar-refractivity contribution < 1.29 is 14.3 Å². The lowest BCUT2D eigenvalue weighted by Crippen LogP contribution is -2.01. The summed E-state index contributed by atoms with van der Waals surface area (Å²) in [6.45, 7) is 7.53. The van der Waals surface area contributed by atoms with Gasteiger partial charge in [-0.15, -0.1) is 11.3 Å². The van der Waals surface area contributed by atoms with Crippen molar-refractivity contribution in [3.8, 4) is 10.8 Å². The van der Waals surface area contributed by atoms with Gasteiger partial charge in [-0.25, -0.2) is 14.8 Å². The van der Waals surface area contributed by atoms with E-state index in [1.54, 1.807) is 0 Å². The first-order valence-electron chi connectivity index (χ1n) is 5.58. The Hall–Kier alpha value is -1.69. The van der Waals surface area contributed by atoms with Gasteiger partial charge in [0.15, 0.2) is 0 Å². The summed E-state index contributed by atoms with van der Waals surface area (Å²) in [5, 5.41) is 10.0. The van der Waals surface area contributed by atoms with Gasteiger partial charge < -0.3 is 9.52 Å². The van der Waals surface area contributed by atoms with Gasteiger partial charge in [0.05, 0.1) is 16.4 Å². The highest BCUT2D eigenvalue weighted by Crippen LogP contribution is 2.32. The van der Waals surface area contributed by atoms with Crippen LogP contribution in [0, 0.1) is 13.8 Å². The van der Waals surface area contributed by atoms with Crippen molar-refractivity contribution in [2.24, 2.45) is 0 Å². The number of hydrogen-bond donors (Lipinski definition) is 1. The molecule has 2 aromatic rings. The van der Waals surface area contributed by atoms with Gasteiger partial charge in [0, 0.05) is 0 Å². The third-order valence-electron chi connectivity index (χ3n) is 2.49. The quantitative estimate of drug-likeness (QED) is 0.922. The maximum Gasteiger partial charge on any atom is 0.373 e. The molecule has 0 radical (unpaired) electrons. The van der Waals surface area contributed by atoms with Gasteiger partial charge in [0.1, 0.15) is 4.88 Å². The number of aryl methyl sites for hydroxylation is 2. The van der Waals surface area contributed by atoms with Crippen molar-refractivity contribution in [1.82, 2.24) is 9.97 Å². The van der Waals surface area contributed by atoms with Crippen LogP contribution in [-0.4, -0.2) is 21.0 Å². The van der Waals surface area contributed by atoms with Gasteiger partial charge >= 0.3 is 5.97 Å². The summed E-state index contributed by atoms with van der Waals surface area (Å²) < 4.78 is 5.38. The summed E-state index contributed by atoms with van der Waals surface area (Å²) in [7, 11) is 0. The zero-order valence-electron chi connectivity index (χ0n) is 10.6. The number of thiazole rings is 1. The fourth-order valence-electron chi connectivity index (χ4n) is 1.70. The van der Waals surface area contributed by atoms with Crippen LogP contribution in [0.25, 0.3) is 10.8 Å². The van der Waals surface area contributed by atoms with Crippen LogP contribution in [0.2, 0.25) is 0 Å². The predicted molar refractivity (Wildman–Crippen MR) is 68.1 cm³/mol. The second-order valence-electron chi connectivity index (χ2n) is 4.34. The van der Waals surface area contributed by atoms with E-state index >= 15 is 0 Å². The number of rotatable bonds is 3. The van der Waals surface area contributed by atoms with Crippen LogP contribution in [-0.2, 0) is 0 Å². The topological polar surface area (TPSA) is 76.2 Å². The molecule has 0 saturated heterocycles. The summed E-state index contributed by atoms with van der Waals surface area (Å²) in [4.78, 5) is 20.5. The molecule has 2 aromatic heterocycles. The van der Waals surface area contributed by atoms with Crippen molar-refractivity contribution in [3.63, 3.8) is 0 Å². The molecule has 2 rings (SSSR count). The fourth-order valence-corrected chi connectivity index (χ4v) is 2.55. The Balaban J connectivity index is 2.56. The van der Waals surface area contributed by atoms with Gasteiger partial charge in [0.25, 0.3) is 0 Å². The highest BCUT2D eigenvalue weighted by molar-refractivity contribution is 7.15. The molecule has 1 N–H and O–H groups in total. The molecule has 0 aliphatic rings. The lowest BCUT2D eigenvalue weighted by Gasteiger charge is -1.98. The molecule has 0 spiro atoms. The van der Waals surface area contributed by atoms with Gasteiger partial charge in [-0.3, -0.25) is 0 Å². The number of carbonyl (C=O) groups is 1. The number of nitrogens with zero attached hydrogens (tertiary/aromatic N) is 2. The Morgan fingerprint density at radius 2 is 2.00 bits per heavy atom. The molecule has 96 valence electrons. The summed E-state index contributed by atoms with van der Waals surface area (Å²) in [6, 6.07) is 0. The average molecular weight is 266 g/mol. The normalized spacial score (nSPS) is 11.2. The van der Waals surface area contributed by atoms with Crippen LogP contribution >= 0.6 is 11.3 Å². The summed E-state index contributed by atoms with van der Waals surface area (Å²) in [5.74, 6) is -0.816. The van der Waals surface area contributed by atoms with E-state index in [9.17, 15) is 4.79 Å². The first kappa shape index (κ1) is 12.8. The molecule has 0 aliphatic heterocycles. The smallest absolute Gasteiger partial charge is 0.373 e. The SMILES string of the molecule is Cc1nc(C)c(-c2nc(C(C)C)c(C(=O)O)o2)s1. The van der Waals surface area contributed by atoms with Crippen LogP contribution in [0.15, 0.2) is 4.42 Å². The lowest BCUT2D eigenvalue weighted by atomic mass is 10.1. The third kappa shape index (κ3) is 2.15. The molecule has 0 unspecified atom stereocenters. The molecule has 0 aliphatic carbocycles. The largest absolute Gasteiger partial charge is 0.475 e. The molecular weight excluding hydrogens is 252 g/mol. The van der Waals surface area contributed by atoms with E-state index in [2.05, 4.69) is 9.97 Å². The number of oxazole rings is 1. The number of aromatic carboxylic acids is 1. The Bertz CT molecular complexity index is 598. The van der Waals surface area contributed by atoms with E-state index in [-0.39, 0.29) is 11.7 Å². The maximum atomic E-state index is 11.1. The van der Waals surface area contributed by atoms with Crippen molar-refractivity contribution >= 4 is 17.3 Å². The van der Waals surface area contributed by atoms with E-state index in [0.29, 0.717) is 11.6 Å². The Kier molecular flexibility index (Phi) is 3.21. The molecule has 2 heterocycles. The summed E-state index contributed by atoms with van der Waals surface area (Å²) in [5.41, 5.74) is 1.29. The Morgan fingerprint density at radius 3 is 2.39 bits per heavy atom. The molecular formula is C12H14N2O3S. The van der Waals surface area contributed by atoms with Crippen LogP contribution < -0.4 is 0 Å². The van der Waals surface area contributed by atoms with Crippen LogP contribution in [0.4, 0.5) is 0 Å². The number of carboxylic acids is 1. The van der Waals surface area contributed by atoms with Crippen molar-refractivity contribution in [3.05, 3.63) is 22.2 Å². The van der Waals surface area contributed by atoms with Crippen molar-refractivity contribution in [2.45, 2.75) is 33.6 Å².